The fourth-order valence-corrected chi connectivity index (χ4v) is 2.90. The molecule has 1 aromatic heterocycles. The molecule has 4 heteroatoms. The number of rotatable bonds is 3. The number of aryl methyl sites for hydroxylation is 1. The highest BCUT2D eigenvalue weighted by Gasteiger charge is 2.17. The van der Waals surface area contributed by atoms with Crippen molar-refractivity contribution in [2.45, 2.75) is 31.7 Å². The average molecular weight is 259 g/mol. The summed E-state index contributed by atoms with van der Waals surface area (Å²) >= 11 is 0. The third-order valence-electron chi connectivity index (χ3n) is 4.03. The van der Waals surface area contributed by atoms with E-state index in [4.69, 9.17) is 9.72 Å². The van der Waals surface area contributed by atoms with Gasteiger partial charge in [-0.1, -0.05) is 12.5 Å². The second-order valence-corrected chi connectivity index (χ2v) is 5.27. The van der Waals surface area contributed by atoms with Crippen molar-refractivity contribution in [2.75, 3.05) is 13.7 Å². The largest absolute Gasteiger partial charge is 0.494 e. The molecule has 0 aliphatic carbocycles. The summed E-state index contributed by atoms with van der Waals surface area (Å²) in [6.07, 6.45) is 4.87. The SMILES string of the molecule is COc1cccc2c1nc(CC1CCCCN1)n2C. The van der Waals surface area contributed by atoms with E-state index in [1.807, 2.05) is 12.1 Å². The van der Waals surface area contributed by atoms with Crippen molar-refractivity contribution >= 4 is 11.0 Å². The first-order valence-electron chi connectivity index (χ1n) is 7.01. The number of imidazole rings is 1. The summed E-state index contributed by atoms with van der Waals surface area (Å²) in [7, 11) is 3.79. The lowest BCUT2D eigenvalue weighted by Gasteiger charge is -2.22. The third kappa shape index (κ3) is 2.32. The maximum Gasteiger partial charge on any atom is 0.146 e. The fourth-order valence-electron chi connectivity index (χ4n) is 2.90. The molecule has 0 amide bonds. The number of fused-ring (bicyclic) bond motifs is 1. The fraction of sp³-hybridized carbons (Fsp3) is 0.533. The lowest BCUT2D eigenvalue weighted by molar-refractivity contribution is 0.392. The minimum atomic E-state index is 0.565. The number of aromatic nitrogens is 2. The number of benzene rings is 1. The van der Waals surface area contributed by atoms with Crippen LogP contribution < -0.4 is 10.1 Å². The van der Waals surface area contributed by atoms with Crippen LogP contribution in [0.5, 0.6) is 5.75 Å². The summed E-state index contributed by atoms with van der Waals surface area (Å²) in [6.45, 7) is 1.14. The number of ether oxygens (including phenoxy) is 1. The molecule has 1 fully saturated rings. The zero-order valence-corrected chi connectivity index (χ0v) is 11.6. The predicted octanol–water partition coefficient (Wildman–Crippen LogP) is 2.27. The Morgan fingerprint density at radius 3 is 3.05 bits per heavy atom. The molecule has 2 aromatic rings. The molecule has 1 saturated heterocycles. The Morgan fingerprint density at radius 2 is 2.32 bits per heavy atom. The van der Waals surface area contributed by atoms with E-state index >= 15 is 0 Å². The monoisotopic (exact) mass is 259 g/mol. The molecule has 1 unspecified atom stereocenters. The summed E-state index contributed by atoms with van der Waals surface area (Å²) in [6, 6.07) is 6.65. The molecular weight excluding hydrogens is 238 g/mol. The van der Waals surface area contributed by atoms with Crippen LogP contribution in [0.3, 0.4) is 0 Å². The van der Waals surface area contributed by atoms with E-state index in [0.717, 1.165) is 35.6 Å². The van der Waals surface area contributed by atoms with E-state index in [-0.39, 0.29) is 0 Å². The van der Waals surface area contributed by atoms with Gasteiger partial charge in [-0.25, -0.2) is 4.98 Å². The molecule has 0 saturated carbocycles. The van der Waals surface area contributed by atoms with Crippen LogP contribution in [0.2, 0.25) is 0 Å². The van der Waals surface area contributed by atoms with Crippen LogP contribution in [0.25, 0.3) is 11.0 Å². The van der Waals surface area contributed by atoms with Crippen LogP contribution in [0.1, 0.15) is 25.1 Å². The number of hydrogen-bond donors (Lipinski definition) is 1. The molecule has 0 radical (unpaired) electrons. The van der Waals surface area contributed by atoms with Crippen molar-refractivity contribution < 1.29 is 4.74 Å². The Balaban J connectivity index is 1.93. The first-order chi connectivity index (χ1) is 9.29. The van der Waals surface area contributed by atoms with Gasteiger partial charge in [-0.15, -0.1) is 0 Å². The molecule has 2 heterocycles. The summed E-state index contributed by atoms with van der Waals surface area (Å²) in [4.78, 5) is 4.78. The molecule has 0 bridgehead atoms. The van der Waals surface area contributed by atoms with E-state index in [0.29, 0.717) is 6.04 Å². The van der Waals surface area contributed by atoms with Gasteiger partial charge in [0.25, 0.3) is 0 Å². The standard InChI is InChI=1S/C15H21N3O/c1-18-12-7-5-8-13(19-2)15(12)17-14(18)10-11-6-3-4-9-16-11/h5,7-8,11,16H,3-4,6,9-10H2,1-2H3. The Hall–Kier alpha value is -1.55. The molecule has 4 nitrogen and oxygen atoms in total. The highest BCUT2D eigenvalue weighted by Crippen LogP contribution is 2.25. The van der Waals surface area contributed by atoms with Crippen molar-refractivity contribution in [1.29, 1.82) is 0 Å². The zero-order valence-electron chi connectivity index (χ0n) is 11.6. The van der Waals surface area contributed by atoms with Gasteiger partial charge in [-0.3, -0.25) is 0 Å². The van der Waals surface area contributed by atoms with Gasteiger partial charge in [0.2, 0.25) is 0 Å². The van der Waals surface area contributed by atoms with Gasteiger partial charge in [-0.2, -0.15) is 0 Å². The van der Waals surface area contributed by atoms with Gasteiger partial charge in [0, 0.05) is 19.5 Å². The second kappa shape index (κ2) is 5.21. The highest BCUT2D eigenvalue weighted by molar-refractivity contribution is 5.82. The van der Waals surface area contributed by atoms with Crippen molar-refractivity contribution in [3.05, 3.63) is 24.0 Å². The molecule has 19 heavy (non-hydrogen) atoms. The van der Waals surface area contributed by atoms with Crippen LogP contribution >= 0.6 is 0 Å². The minimum absolute atomic E-state index is 0.565. The summed E-state index contributed by atoms with van der Waals surface area (Å²) in [5.74, 6) is 2.00. The second-order valence-electron chi connectivity index (χ2n) is 5.27. The van der Waals surface area contributed by atoms with Crippen LogP contribution in [-0.2, 0) is 13.5 Å². The Morgan fingerprint density at radius 1 is 1.42 bits per heavy atom. The van der Waals surface area contributed by atoms with Gasteiger partial charge in [-0.05, 0) is 31.5 Å². The number of nitrogens with one attached hydrogen (secondary N) is 1. The third-order valence-corrected chi connectivity index (χ3v) is 4.03. The van der Waals surface area contributed by atoms with Crippen LogP contribution in [0.15, 0.2) is 18.2 Å². The van der Waals surface area contributed by atoms with E-state index < -0.39 is 0 Å². The summed E-state index contributed by atoms with van der Waals surface area (Å²) < 4.78 is 7.58. The Kier molecular flexibility index (Phi) is 3.42. The maximum atomic E-state index is 5.39. The van der Waals surface area contributed by atoms with Gasteiger partial charge >= 0.3 is 0 Å². The maximum absolute atomic E-state index is 5.39. The predicted molar refractivity (Wildman–Crippen MR) is 76.6 cm³/mol. The van der Waals surface area contributed by atoms with Crippen molar-refractivity contribution in [3.63, 3.8) is 0 Å². The molecule has 1 aliphatic heterocycles. The minimum Gasteiger partial charge on any atom is -0.494 e. The lowest BCUT2D eigenvalue weighted by Crippen LogP contribution is -2.36. The molecule has 3 rings (SSSR count). The molecule has 1 atom stereocenters. The Labute approximate surface area is 113 Å². The first-order valence-corrected chi connectivity index (χ1v) is 7.01. The van der Waals surface area contributed by atoms with E-state index in [1.54, 1.807) is 7.11 Å². The topological polar surface area (TPSA) is 39.1 Å². The normalized spacial score (nSPS) is 19.8. The number of para-hydroxylation sites is 1. The molecule has 1 N–H and O–H groups in total. The Bertz CT molecular complexity index is 570. The molecule has 1 aliphatic rings. The van der Waals surface area contributed by atoms with Gasteiger partial charge in [0.15, 0.2) is 0 Å². The van der Waals surface area contributed by atoms with Crippen molar-refractivity contribution in [2.24, 2.45) is 7.05 Å². The van der Waals surface area contributed by atoms with Crippen LogP contribution in [-0.4, -0.2) is 29.2 Å². The summed E-state index contributed by atoms with van der Waals surface area (Å²) in [5, 5.41) is 3.58. The smallest absolute Gasteiger partial charge is 0.146 e. The number of hydrogen-bond acceptors (Lipinski definition) is 3. The highest BCUT2D eigenvalue weighted by atomic mass is 16.5. The van der Waals surface area contributed by atoms with E-state index in [1.165, 1.54) is 19.3 Å². The molecule has 1 aromatic carbocycles. The molecule has 102 valence electrons. The number of nitrogens with zero attached hydrogens (tertiary/aromatic N) is 2. The van der Waals surface area contributed by atoms with Gasteiger partial charge in [0.1, 0.15) is 17.1 Å². The number of piperidine rings is 1. The van der Waals surface area contributed by atoms with Gasteiger partial charge < -0.3 is 14.6 Å². The molecular formula is C15H21N3O. The van der Waals surface area contributed by atoms with E-state index in [2.05, 4.69) is 23.0 Å². The van der Waals surface area contributed by atoms with Gasteiger partial charge in [0.05, 0.1) is 12.6 Å². The zero-order chi connectivity index (χ0) is 13.2. The summed E-state index contributed by atoms with van der Waals surface area (Å²) in [5.41, 5.74) is 2.11. The number of methoxy groups -OCH3 is 1. The molecule has 0 spiro atoms. The first kappa shape index (κ1) is 12.5. The van der Waals surface area contributed by atoms with Crippen LogP contribution in [0, 0.1) is 0 Å². The van der Waals surface area contributed by atoms with Crippen molar-refractivity contribution in [3.8, 4) is 5.75 Å². The van der Waals surface area contributed by atoms with E-state index in [9.17, 15) is 0 Å². The van der Waals surface area contributed by atoms with Crippen LogP contribution in [0.4, 0.5) is 0 Å². The quantitative estimate of drug-likeness (QED) is 0.919. The average Bonchev–Trinajstić information content (AvgIpc) is 2.77. The lowest BCUT2D eigenvalue weighted by atomic mass is 10.0. The van der Waals surface area contributed by atoms with Crippen molar-refractivity contribution in [1.82, 2.24) is 14.9 Å².